The van der Waals surface area contributed by atoms with Crippen LogP contribution >= 0.6 is 0 Å². The van der Waals surface area contributed by atoms with E-state index in [0.29, 0.717) is 13.1 Å². The van der Waals surface area contributed by atoms with Gasteiger partial charge >= 0.3 is 5.97 Å². The summed E-state index contributed by atoms with van der Waals surface area (Å²) in [5.74, 6) is 0.984. The molecule has 4 rings (SSSR count). The Labute approximate surface area is 158 Å². The zero-order valence-electron chi connectivity index (χ0n) is 15.7. The molecule has 0 bridgehead atoms. The van der Waals surface area contributed by atoms with Crippen molar-refractivity contribution in [3.8, 4) is 0 Å². The quantitative estimate of drug-likeness (QED) is 0.838. The summed E-state index contributed by atoms with van der Waals surface area (Å²) >= 11 is 0. The Morgan fingerprint density at radius 2 is 1.70 bits per heavy atom. The maximum absolute atomic E-state index is 12.9. The predicted octanol–water partition coefficient (Wildman–Crippen LogP) is 2.19. The largest absolute Gasteiger partial charge is 0.469 e. The molecule has 2 heterocycles. The normalized spacial score (nSPS) is 23.4. The first-order valence-corrected chi connectivity index (χ1v) is 9.72. The van der Waals surface area contributed by atoms with Crippen LogP contribution in [0.3, 0.4) is 0 Å². The molecule has 7 nitrogen and oxygen atoms in total. The van der Waals surface area contributed by atoms with E-state index in [1.165, 1.54) is 7.11 Å². The van der Waals surface area contributed by atoms with Gasteiger partial charge in [0.25, 0.3) is 0 Å². The number of hydrogen-bond acceptors (Lipinski definition) is 5. The third-order valence-corrected chi connectivity index (χ3v) is 5.88. The van der Waals surface area contributed by atoms with Gasteiger partial charge in [0, 0.05) is 32.1 Å². The van der Waals surface area contributed by atoms with E-state index in [9.17, 15) is 9.59 Å². The number of aromatic amines is 1. The molecular formula is C20H26N4O3. The van der Waals surface area contributed by atoms with Gasteiger partial charge in [0.05, 0.1) is 24.1 Å². The number of hydrogen-bond donors (Lipinski definition) is 1. The molecule has 0 radical (unpaired) electrons. The van der Waals surface area contributed by atoms with E-state index in [4.69, 9.17) is 4.74 Å². The third kappa shape index (κ3) is 3.63. The van der Waals surface area contributed by atoms with Crippen molar-refractivity contribution in [1.82, 2.24) is 14.9 Å². The van der Waals surface area contributed by atoms with Crippen LogP contribution in [0.1, 0.15) is 25.7 Å². The number of nitrogens with one attached hydrogen (secondary N) is 1. The molecule has 1 aliphatic heterocycles. The number of carbonyl (C=O) groups excluding carboxylic acids is 2. The molecular weight excluding hydrogens is 344 g/mol. The summed E-state index contributed by atoms with van der Waals surface area (Å²) in [5, 5.41) is 0. The number of anilines is 1. The van der Waals surface area contributed by atoms with Gasteiger partial charge in [0.2, 0.25) is 11.9 Å². The molecule has 1 saturated heterocycles. The summed E-state index contributed by atoms with van der Waals surface area (Å²) in [6.45, 7) is 2.99. The number of rotatable bonds is 3. The number of esters is 1. The van der Waals surface area contributed by atoms with Crippen LogP contribution in [0.2, 0.25) is 0 Å². The number of para-hydroxylation sites is 2. The molecule has 27 heavy (non-hydrogen) atoms. The van der Waals surface area contributed by atoms with Crippen LogP contribution in [0.4, 0.5) is 5.95 Å². The van der Waals surface area contributed by atoms with Crippen LogP contribution in [0.15, 0.2) is 24.3 Å². The van der Waals surface area contributed by atoms with Crippen LogP contribution in [0.5, 0.6) is 0 Å². The Kier molecular flexibility index (Phi) is 5.01. The molecule has 1 amide bonds. The number of H-pyrrole nitrogens is 1. The predicted molar refractivity (Wildman–Crippen MR) is 102 cm³/mol. The van der Waals surface area contributed by atoms with Gasteiger partial charge in [-0.25, -0.2) is 4.98 Å². The fraction of sp³-hybridized carbons (Fsp3) is 0.550. The molecule has 2 fully saturated rings. The monoisotopic (exact) mass is 370 g/mol. The number of methoxy groups -OCH3 is 1. The Morgan fingerprint density at radius 1 is 1.04 bits per heavy atom. The zero-order chi connectivity index (χ0) is 18.8. The number of imidazole rings is 1. The number of nitrogens with zero attached hydrogens (tertiary/aromatic N) is 3. The van der Waals surface area contributed by atoms with Crippen molar-refractivity contribution >= 4 is 28.9 Å². The molecule has 1 N–H and O–H groups in total. The second-order valence-corrected chi connectivity index (χ2v) is 7.46. The number of aromatic nitrogens is 2. The maximum atomic E-state index is 12.9. The van der Waals surface area contributed by atoms with Gasteiger partial charge in [0.15, 0.2) is 0 Å². The number of carbonyl (C=O) groups is 2. The maximum Gasteiger partial charge on any atom is 0.308 e. The van der Waals surface area contributed by atoms with Crippen LogP contribution in [-0.2, 0) is 14.3 Å². The van der Waals surface area contributed by atoms with Crippen LogP contribution < -0.4 is 4.90 Å². The van der Waals surface area contributed by atoms with Crippen molar-refractivity contribution in [2.45, 2.75) is 25.7 Å². The number of ether oxygens (including phenoxy) is 1. The summed E-state index contributed by atoms with van der Waals surface area (Å²) in [7, 11) is 1.43. The van der Waals surface area contributed by atoms with Gasteiger partial charge in [-0.15, -0.1) is 0 Å². The standard InChI is InChI=1S/C20H26N4O3/c1-27-19(26)15-8-6-14(7-9-15)18(25)23-10-12-24(13-11-23)20-21-16-4-2-3-5-17(16)22-20/h2-5,14-15H,6-13H2,1H3,(H,21,22). The van der Waals surface area contributed by atoms with Crippen LogP contribution in [-0.4, -0.2) is 60.0 Å². The Balaban J connectivity index is 1.31. The summed E-state index contributed by atoms with van der Waals surface area (Å²) in [6.07, 6.45) is 3.06. The molecule has 1 aromatic heterocycles. The molecule has 2 aromatic rings. The van der Waals surface area contributed by atoms with Crippen molar-refractivity contribution in [1.29, 1.82) is 0 Å². The number of amides is 1. The van der Waals surface area contributed by atoms with Crippen molar-refractivity contribution < 1.29 is 14.3 Å². The fourth-order valence-corrected chi connectivity index (χ4v) is 4.23. The molecule has 2 aliphatic rings. The number of benzene rings is 1. The lowest BCUT2D eigenvalue weighted by atomic mass is 9.81. The second-order valence-electron chi connectivity index (χ2n) is 7.46. The van der Waals surface area contributed by atoms with Crippen LogP contribution in [0, 0.1) is 11.8 Å². The number of fused-ring (bicyclic) bond motifs is 1. The van der Waals surface area contributed by atoms with E-state index in [2.05, 4.69) is 14.9 Å². The first-order chi connectivity index (χ1) is 13.2. The SMILES string of the molecule is COC(=O)C1CCC(C(=O)N2CCN(c3nc4ccccc4[nH]3)CC2)CC1. The van der Waals surface area contributed by atoms with Crippen molar-refractivity contribution in [2.75, 3.05) is 38.2 Å². The van der Waals surface area contributed by atoms with Gasteiger partial charge in [-0.1, -0.05) is 12.1 Å². The average Bonchev–Trinajstić information content (AvgIpc) is 3.17. The van der Waals surface area contributed by atoms with Crippen molar-refractivity contribution in [2.24, 2.45) is 11.8 Å². The second kappa shape index (κ2) is 7.58. The average molecular weight is 370 g/mol. The highest BCUT2D eigenvalue weighted by Gasteiger charge is 2.33. The summed E-state index contributed by atoms with van der Waals surface area (Å²) in [5.41, 5.74) is 2.00. The first-order valence-electron chi connectivity index (χ1n) is 9.72. The summed E-state index contributed by atoms with van der Waals surface area (Å²) in [6, 6.07) is 8.00. The van der Waals surface area contributed by atoms with Gasteiger partial charge < -0.3 is 19.5 Å². The fourth-order valence-electron chi connectivity index (χ4n) is 4.23. The van der Waals surface area contributed by atoms with E-state index in [1.807, 2.05) is 29.2 Å². The highest BCUT2D eigenvalue weighted by Crippen LogP contribution is 2.31. The smallest absolute Gasteiger partial charge is 0.308 e. The van der Waals surface area contributed by atoms with Gasteiger partial charge in [-0.05, 0) is 37.8 Å². The summed E-state index contributed by atoms with van der Waals surface area (Å²) in [4.78, 5) is 36.7. The molecule has 144 valence electrons. The van der Waals surface area contributed by atoms with Gasteiger partial charge in [-0.2, -0.15) is 0 Å². The molecule has 0 spiro atoms. The van der Waals surface area contributed by atoms with E-state index >= 15 is 0 Å². The molecule has 7 heteroatoms. The minimum atomic E-state index is -0.139. The molecule has 1 aliphatic carbocycles. The van der Waals surface area contributed by atoms with E-state index in [1.54, 1.807) is 0 Å². The zero-order valence-corrected chi connectivity index (χ0v) is 15.7. The number of piperazine rings is 1. The van der Waals surface area contributed by atoms with E-state index < -0.39 is 0 Å². The van der Waals surface area contributed by atoms with Crippen molar-refractivity contribution in [3.63, 3.8) is 0 Å². The van der Waals surface area contributed by atoms with E-state index in [0.717, 1.165) is 55.8 Å². The highest BCUT2D eigenvalue weighted by atomic mass is 16.5. The lowest BCUT2D eigenvalue weighted by Crippen LogP contribution is -2.51. The molecule has 0 atom stereocenters. The van der Waals surface area contributed by atoms with Gasteiger partial charge in [0.1, 0.15) is 0 Å². The van der Waals surface area contributed by atoms with Crippen LogP contribution in [0.25, 0.3) is 11.0 Å². The molecule has 1 aromatic carbocycles. The Bertz CT molecular complexity index is 784. The summed E-state index contributed by atoms with van der Waals surface area (Å²) < 4.78 is 4.83. The highest BCUT2D eigenvalue weighted by molar-refractivity contribution is 5.80. The van der Waals surface area contributed by atoms with Crippen molar-refractivity contribution in [3.05, 3.63) is 24.3 Å². The minimum absolute atomic E-state index is 0.0380. The molecule has 0 unspecified atom stereocenters. The first kappa shape index (κ1) is 17.8. The Morgan fingerprint density at radius 3 is 2.37 bits per heavy atom. The lowest BCUT2D eigenvalue weighted by Gasteiger charge is -2.37. The topological polar surface area (TPSA) is 78.5 Å². The lowest BCUT2D eigenvalue weighted by molar-refractivity contribution is -0.148. The minimum Gasteiger partial charge on any atom is -0.469 e. The Hall–Kier alpha value is -2.57. The molecule has 1 saturated carbocycles. The van der Waals surface area contributed by atoms with Gasteiger partial charge in [-0.3, -0.25) is 9.59 Å². The van der Waals surface area contributed by atoms with E-state index in [-0.39, 0.29) is 23.7 Å². The third-order valence-electron chi connectivity index (χ3n) is 5.88.